The lowest BCUT2D eigenvalue weighted by Crippen LogP contribution is -2.04. The monoisotopic (exact) mass is 439 g/mol. The second-order valence-electron chi connectivity index (χ2n) is 8.05. The van der Waals surface area contributed by atoms with Gasteiger partial charge in [0.05, 0.1) is 0 Å². The number of ether oxygens (including phenoxy) is 3. The van der Waals surface area contributed by atoms with E-state index in [1.807, 2.05) is 60.7 Å². The van der Waals surface area contributed by atoms with Crippen molar-refractivity contribution in [1.82, 2.24) is 4.98 Å². The van der Waals surface area contributed by atoms with E-state index >= 15 is 0 Å². The number of aromatic nitrogens is 1. The Morgan fingerprint density at radius 2 is 1.42 bits per heavy atom. The molecule has 0 N–H and O–H groups in total. The molecule has 0 bridgehead atoms. The molecule has 0 aliphatic rings. The zero-order valence-electron chi connectivity index (χ0n) is 19.4. The highest BCUT2D eigenvalue weighted by molar-refractivity contribution is 5.66. The number of rotatable bonds is 9. The van der Waals surface area contributed by atoms with Gasteiger partial charge in [-0.15, -0.1) is 0 Å². The molecule has 0 atom stereocenters. The van der Waals surface area contributed by atoms with Crippen molar-refractivity contribution in [2.24, 2.45) is 0 Å². The van der Waals surface area contributed by atoms with Crippen LogP contribution in [0.4, 0.5) is 0 Å². The predicted molar refractivity (Wildman–Crippen MR) is 132 cm³/mol. The molecule has 0 saturated carbocycles. The Morgan fingerprint density at radius 3 is 2.09 bits per heavy atom. The molecule has 1 heterocycles. The molecule has 0 aliphatic carbocycles. The Kier molecular flexibility index (Phi) is 7.38. The number of hydrogen-bond acceptors (Lipinski definition) is 4. The van der Waals surface area contributed by atoms with Crippen molar-refractivity contribution in [2.45, 2.75) is 26.9 Å². The van der Waals surface area contributed by atoms with Crippen LogP contribution in [0.25, 0.3) is 11.3 Å². The molecule has 0 radical (unpaired) electrons. The maximum absolute atomic E-state index is 6.05. The maximum atomic E-state index is 6.05. The Balaban J connectivity index is 1.56. The number of hydrogen-bond donors (Lipinski definition) is 0. The molecule has 4 aromatic rings. The second-order valence-corrected chi connectivity index (χ2v) is 8.05. The van der Waals surface area contributed by atoms with Crippen molar-refractivity contribution >= 4 is 0 Å². The molecular weight excluding hydrogens is 410 g/mol. The summed E-state index contributed by atoms with van der Waals surface area (Å²) in [6.07, 6.45) is 0.737. The minimum atomic E-state index is 0.184. The summed E-state index contributed by atoms with van der Waals surface area (Å²) >= 11 is 0. The van der Waals surface area contributed by atoms with E-state index in [-0.39, 0.29) is 6.79 Å². The molecule has 0 fully saturated rings. The summed E-state index contributed by atoms with van der Waals surface area (Å²) in [6.45, 7) is 5.01. The van der Waals surface area contributed by atoms with Crippen molar-refractivity contribution in [3.63, 3.8) is 0 Å². The summed E-state index contributed by atoms with van der Waals surface area (Å²) in [5.41, 5.74) is 7.64. The summed E-state index contributed by atoms with van der Waals surface area (Å²) < 4.78 is 16.9. The summed E-state index contributed by atoms with van der Waals surface area (Å²) in [5, 5.41) is 0. The third-order valence-corrected chi connectivity index (χ3v) is 5.57. The van der Waals surface area contributed by atoms with Crippen molar-refractivity contribution in [3.05, 3.63) is 113 Å². The van der Waals surface area contributed by atoms with Crippen molar-refractivity contribution in [2.75, 3.05) is 13.9 Å². The number of pyridine rings is 1. The van der Waals surface area contributed by atoms with Crippen LogP contribution in [-0.4, -0.2) is 18.9 Å². The summed E-state index contributed by atoms with van der Waals surface area (Å²) in [7, 11) is 1.61. The molecule has 3 aromatic carbocycles. The lowest BCUT2D eigenvalue weighted by Gasteiger charge is -2.15. The van der Waals surface area contributed by atoms with Gasteiger partial charge in [0, 0.05) is 24.8 Å². The van der Waals surface area contributed by atoms with Gasteiger partial charge >= 0.3 is 0 Å². The van der Waals surface area contributed by atoms with E-state index in [0.717, 1.165) is 34.7 Å². The Morgan fingerprint density at radius 1 is 0.758 bits per heavy atom. The van der Waals surface area contributed by atoms with Crippen molar-refractivity contribution in [1.29, 1.82) is 0 Å². The van der Waals surface area contributed by atoms with E-state index < -0.39 is 0 Å². The first-order valence-electron chi connectivity index (χ1n) is 11.1. The van der Waals surface area contributed by atoms with E-state index in [2.05, 4.69) is 38.1 Å². The van der Waals surface area contributed by atoms with Crippen LogP contribution in [0.1, 0.15) is 27.9 Å². The highest BCUT2D eigenvalue weighted by Crippen LogP contribution is 2.30. The third kappa shape index (κ3) is 5.79. The molecule has 4 heteroatoms. The summed E-state index contributed by atoms with van der Waals surface area (Å²) in [5.74, 6) is 1.60. The Hall–Kier alpha value is -3.63. The number of benzene rings is 3. The van der Waals surface area contributed by atoms with Gasteiger partial charge in [-0.1, -0.05) is 60.7 Å². The molecular formula is C29H29NO3. The average molecular weight is 440 g/mol. The van der Waals surface area contributed by atoms with Crippen LogP contribution >= 0.6 is 0 Å². The lowest BCUT2D eigenvalue weighted by molar-refractivity contribution is 0.0513. The lowest BCUT2D eigenvalue weighted by atomic mass is 9.97. The molecule has 33 heavy (non-hydrogen) atoms. The van der Waals surface area contributed by atoms with Gasteiger partial charge in [-0.05, 0) is 60.4 Å². The molecule has 4 rings (SSSR count). The largest absolute Gasteiger partial charge is 0.489 e. The molecule has 0 aliphatic heterocycles. The van der Waals surface area contributed by atoms with Crippen LogP contribution < -0.4 is 9.47 Å². The van der Waals surface area contributed by atoms with Crippen molar-refractivity contribution in [3.8, 4) is 22.8 Å². The quantitative estimate of drug-likeness (QED) is 0.279. The van der Waals surface area contributed by atoms with E-state index in [1.165, 1.54) is 16.7 Å². The highest BCUT2D eigenvalue weighted by atomic mass is 16.7. The first kappa shape index (κ1) is 22.6. The first-order valence-corrected chi connectivity index (χ1v) is 11.1. The van der Waals surface area contributed by atoms with Gasteiger partial charge in [0.25, 0.3) is 0 Å². The molecule has 4 nitrogen and oxygen atoms in total. The van der Waals surface area contributed by atoms with Crippen molar-refractivity contribution < 1.29 is 14.2 Å². The molecule has 1 aromatic heterocycles. The molecule has 0 unspecified atom stereocenters. The number of nitrogens with zero attached hydrogens (tertiary/aromatic N) is 1. The van der Waals surface area contributed by atoms with Gasteiger partial charge in [-0.25, -0.2) is 4.98 Å². The van der Waals surface area contributed by atoms with E-state index in [4.69, 9.17) is 19.2 Å². The van der Waals surface area contributed by atoms with Crippen LogP contribution in [0.5, 0.6) is 11.5 Å². The second kappa shape index (κ2) is 10.8. The SMILES string of the molecule is COCOc1ccc(Cc2c(C)cc(OCc3ccccc3)cc2C)nc1-c1ccccc1. The first-order chi connectivity index (χ1) is 16.1. The fourth-order valence-corrected chi connectivity index (χ4v) is 3.86. The Bertz CT molecular complexity index is 1170. The Labute approximate surface area is 195 Å². The van der Waals surface area contributed by atoms with Gasteiger partial charge in [-0.2, -0.15) is 0 Å². The fraction of sp³-hybridized carbons (Fsp3) is 0.207. The summed E-state index contributed by atoms with van der Waals surface area (Å²) in [4.78, 5) is 4.96. The minimum absolute atomic E-state index is 0.184. The van der Waals surface area contributed by atoms with Gasteiger partial charge in [0.2, 0.25) is 0 Å². The standard InChI is InChI=1S/C29H29NO3/c1-21-16-26(32-19-23-10-6-4-7-11-23)17-22(2)27(21)18-25-14-15-28(33-20-31-3)29(30-25)24-12-8-5-9-13-24/h4-17H,18-20H2,1-3H3. The summed E-state index contributed by atoms with van der Waals surface area (Å²) in [6, 6.07) is 28.5. The predicted octanol–water partition coefficient (Wildman–Crippen LogP) is 6.52. The van der Waals surface area contributed by atoms with Gasteiger partial charge in [-0.3, -0.25) is 0 Å². The molecule has 0 amide bonds. The highest BCUT2D eigenvalue weighted by Gasteiger charge is 2.13. The fourth-order valence-electron chi connectivity index (χ4n) is 3.86. The van der Waals surface area contributed by atoms with E-state index in [0.29, 0.717) is 12.4 Å². The van der Waals surface area contributed by atoms with Gasteiger partial charge in [0.1, 0.15) is 23.8 Å². The molecule has 0 spiro atoms. The van der Waals surface area contributed by atoms with Crippen LogP contribution in [0.3, 0.4) is 0 Å². The molecule has 0 saturated heterocycles. The van der Waals surface area contributed by atoms with E-state index in [1.54, 1.807) is 7.11 Å². The van der Waals surface area contributed by atoms with Crippen LogP contribution in [0.2, 0.25) is 0 Å². The zero-order valence-corrected chi connectivity index (χ0v) is 19.4. The normalized spacial score (nSPS) is 10.8. The third-order valence-electron chi connectivity index (χ3n) is 5.57. The number of methoxy groups -OCH3 is 1. The van der Waals surface area contributed by atoms with Crippen LogP contribution in [-0.2, 0) is 17.8 Å². The minimum Gasteiger partial charge on any atom is -0.489 e. The van der Waals surface area contributed by atoms with E-state index in [9.17, 15) is 0 Å². The van der Waals surface area contributed by atoms with Gasteiger partial charge in [0.15, 0.2) is 6.79 Å². The smallest absolute Gasteiger partial charge is 0.188 e. The van der Waals surface area contributed by atoms with Crippen LogP contribution in [0, 0.1) is 13.8 Å². The van der Waals surface area contributed by atoms with Gasteiger partial charge < -0.3 is 14.2 Å². The molecule has 168 valence electrons. The number of aryl methyl sites for hydroxylation is 2. The maximum Gasteiger partial charge on any atom is 0.188 e. The zero-order chi connectivity index (χ0) is 23.0. The van der Waals surface area contributed by atoms with Crippen LogP contribution in [0.15, 0.2) is 84.9 Å². The average Bonchev–Trinajstić information content (AvgIpc) is 2.85. The topological polar surface area (TPSA) is 40.6 Å².